The van der Waals surface area contributed by atoms with Gasteiger partial charge in [0.05, 0.1) is 0 Å². The first-order valence-corrected chi connectivity index (χ1v) is 19.7. The molecule has 2 nitrogen and oxygen atoms in total. The summed E-state index contributed by atoms with van der Waals surface area (Å²) < 4.78 is 0. The molecule has 0 saturated carbocycles. The van der Waals surface area contributed by atoms with Crippen LogP contribution in [0.5, 0.6) is 11.5 Å². The third kappa shape index (κ3) is 14.9. The van der Waals surface area contributed by atoms with E-state index in [2.05, 4.69) is 81.1 Å². The van der Waals surface area contributed by atoms with Crippen molar-refractivity contribution in [2.45, 2.75) is 106 Å². The number of hydrogen-bond donors (Lipinski definition) is 2. The summed E-state index contributed by atoms with van der Waals surface area (Å²) in [5.74, 6) is 8.40. The van der Waals surface area contributed by atoms with Gasteiger partial charge in [-0.2, -0.15) is 0 Å². The molecule has 0 spiro atoms. The first kappa shape index (κ1) is 36.0. The number of hydrogen-bond acceptors (Lipinski definition) is 2. The average Bonchev–Trinajstić information content (AvgIpc) is 2.78. The Labute approximate surface area is 232 Å². The van der Waals surface area contributed by atoms with Crippen molar-refractivity contribution < 1.29 is 26.7 Å². The molecule has 0 fully saturated rings. The van der Waals surface area contributed by atoms with E-state index in [0.29, 0.717) is 35.2 Å². The molecule has 0 amide bonds. The van der Waals surface area contributed by atoms with Crippen LogP contribution < -0.4 is 0 Å². The van der Waals surface area contributed by atoms with Gasteiger partial charge in [-0.25, -0.2) is 0 Å². The van der Waals surface area contributed by atoms with Crippen LogP contribution in [0.15, 0.2) is 36.4 Å². The van der Waals surface area contributed by atoms with Crippen molar-refractivity contribution in [3.8, 4) is 23.3 Å². The van der Waals surface area contributed by atoms with Crippen molar-refractivity contribution in [3.05, 3.63) is 58.7 Å². The molecule has 0 unspecified atom stereocenters. The van der Waals surface area contributed by atoms with Crippen molar-refractivity contribution in [3.63, 3.8) is 0 Å². The summed E-state index contributed by atoms with van der Waals surface area (Å²) in [6.07, 6.45) is 1.99. The topological polar surface area (TPSA) is 40.5 Å². The first-order valence-electron chi connectivity index (χ1n) is 12.4. The molecule has 0 aromatic heterocycles. The van der Waals surface area contributed by atoms with Gasteiger partial charge in [-0.3, -0.25) is 0 Å². The van der Waals surface area contributed by atoms with E-state index in [1.807, 2.05) is 36.4 Å². The van der Waals surface area contributed by atoms with Crippen LogP contribution >= 0.6 is 18.8 Å². The Morgan fingerprint density at radius 1 is 0.600 bits per heavy atom. The Bertz CT molecular complexity index is 760. The molecule has 0 bridgehead atoms. The number of phenols is 2. The molecule has 35 heavy (non-hydrogen) atoms. The standard InChI is InChI=1S/2C12H18O.C6H10.2ClH.W/c2*1-8(2)10-6-5-7-11(9(3)4)12(10)13;1-3-5-6-4-2;;;/h2*5-9,13H,1-4H3;3-4H2,1-2H3;2*1H;/q;;;;;+2/p-2. The molecule has 0 aliphatic carbocycles. The Kier molecular flexibility index (Phi) is 21.6. The molecule has 0 saturated heterocycles. The monoisotopic (exact) mass is 692 g/mol. The van der Waals surface area contributed by atoms with Crippen LogP contribution in [0.25, 0.3) is 0 Å². The van der Waals surface area contributed by atoms with E-state index in [1.165, 1.54) is 0 Å². The number of phenolic OH excluding ortho intramolecular Hbond substituents is 2. The quantitative estimate of drug-likeness (QED) is 0.313. The van der Waals surface area contributed by atoms with Crippen molar-refractivity contribution in [1.82, 2.24) is 0 Å². The van der Waals surface area contributed by atoms with Gasteiger partial charge in [-0.15, -0.1) is 11.8 Å². The van der Waals surface area contributed by atoms with Gasteiger partial charge in [0.15, 0.2) is 0 Å². The predicted octanol–water partition coefficient (Wildman–Crippen LogP) is 10.5. The van der Waals surface area contributed by atoms with Crippen molar-refractivity contribution in [1.29, 1.82) is 0 Å². The molecule has 2 rings (SSSR count). The molecule has 0 aliphatic rings. The third-order valence-electron chi connectivity index (χ3n) is 5.16. The third-order valence-corrected chi connectivity index (χ3v) is 5.16. The van der Waals surface area contributed by atoms with Gasteiger partial charge in [-0.05, 0) is 45.9 Å². The molecular formula is C30H46Cl2O2W. The second-order valence-corrected chi connectivity index (χ2v) is 13.5. The average molecular weight is 693 g/mol. The molecule has 2 N–H and O–H groups in total. The normalized spacial score (nSPS) is 9.94. The van der Waals surface area contributed by atoms with E-state index in [1.54, 1.807) is 0 Å². The van der Waals surface area contributed by atoms with Crippen molar-refractivity contribution >= 4 is 18.8 Å². The maximum absolute atomic E-state index is 9.93. The Morgan fingerprint density at radius 2 is 0.800 bits per heavy atom. The molecule has 2 aromatic carbocycles. The molecule has 0 heterocycles. The predicted molar refractivity (Wildman–Crippen MR) is 153 cm³/mol. The Morgan fingerprint density at radius 3 is 0.943 bits per heavy atom. The van der Waals surface area contributed by atoms with E-state index in [9.17, 15) is 10.2 Å². The zero-order valence-electron chi connectivity index (χ0n) is 23.2. The van der Waals surface area contributed by atoms with E-state index in [-0.39, 0.29) is 0 Å². The summed E-state index contributed by atoms with van der Waals surface area (Å²) >= 11 is -0.806. The van der Waals surface area contributed by atoms with Gasteiger partial charge in [0.25, 0.3) is 0 Å². The molecule has 0 atom stereocenters. The first-order chi connectivity index (χ1) is 16.4. The minimum atomic E-state index is -0.806. The van der Waals surface area contributed by atoms with Crippen molar-refractivity contribution in [2.75, 3.05) is 0 Å². The molecule has 0 radical (unpaired) electrons. The number of rotatable bonds is 4. The van der Waals surface area contributed by atoms with E-state index in [4.69, 9.17) is 18.8 Å². The zero-order chi connectivity index (χ0) is 27.6. The van der Waals surface area contributed by atoms with Crippen molar-refractivity contribution in [2.24, 2.45) is 0 Å². The molecular weight excluding hydrogens is 647 g/mol. The minimum absolute atomic E-state index is 0.388. The second-order valence-electron chi connectivity index (χ2n) is 9.31. The van der Waals surface area contributed by atoms with Gasteiger partial charge >= 0.3 is 35.3 Å². The Balaban J connectivity index is 0. The summed E-state index contributed by atoms with van der Waals surface area (Å²) in [6.45, 7) is 20.9. The summed E-state index contributed by atoms with van der Waals surface area (Å²) in [4.78, 5) is 0. The molecule has 0 aliphatic heterocycles. The van der Waals surface area contributed by atoms with Crippen LogP contribution in [0, 0.1) is 11.8 Å². The van der Waals surface area contributed by atoms with E-state index in [0.717, 1.165) is 35.1 Å². The zero-order valence-corrected chi connectivity index (χ0v) is 27.7. The van der Waals surface area contributed by atoms with Crippen LogP contribution in [-0.2, 0) is 16.5 Å². The summed E-state index contributed by atoms with van der Waals surface area (Å²) in [6, 6.07) is 12.0. The number of halogens is 2. The van der Waals surface area contributed by atoms with Gasteiger partial charge in [0, 0.05) is 12.8 Å². The van der Waals surface area contributed by atoms with E-state index >= 15 is 0 Å². The van der Waals surface area contributed by atoms with Crippen LogP contribution in [0.4, 0.5) is 0 Å². The number of benzene rings is 2. The Hall–Kier alpha value is -1.13. The fourth-order valence-electron chi connectivity index (χ4n) is 3.27. The van der Waals surface area contributed by atoms with Gasteiger partial charge in [0.2, 0.25) is 0 Å². The summed E-state index contributed by atoms with van der Waals surface area (Å²) in [7, 11) is 9.86. The molecule has 198 valence electrons. The van der Waals surface area contributed by atoms with E-state index < -0.39 is 16.5 Å². The fourth-order valence-corrected chi connectivity index (χ4v) is 3.27. The van der Waals surface area contributed by atoms with Crippen LogP contribution in [-0.4, -0.2) is 10.2 Å². The molecule has 5 heteroatoms. The summed E-state index contributed by atoms with van der Waals surface area (Å²) in [5, 5.41) is 19.9. The van der Waals surface area contributed by atoms with Crippen LogP contribution in [0.1, 0.15) is 128 Å². The van der Waals surface area contributed by atoms with Crippen LogP contribution in [0.3, 0.4) is 0 Å². The fraction of sp³-hybridized carbons (Fsp3) is 0.533. The maximum atomic E-state index is 9.93. The second kappa shape index (κ2) is 21.0. The van der Waals surface area contributed by atoms with Gasteiger partial charge < -0.3 is 10.2 Å². The van der Waals surface area contributed by atoms with Crippen LogP contribution in [0.2, 0.25) is 0 Å². The number of para-hydroxylation sites is 2. The van der Waals surface area contributed by atoms with Gasteiger partial charge in [-0.1, -0.05) is 106 Å². The molecule has 2 aromatic rings. The summed E-state index contributed by atoms with van der Waals surface area (Å²) in [5.41, 5.74) is 4.19. The number of aromatic hydroxyl groups is 2. The van der Waals surface area contributed by atoms with Gasteiger partial charge in [0.1, 0.15) is 11.5 Å². The SMILES string of the molecule is CC(C)c1cccc(C(C)C)c1O.CC(C)c1cccc(C(C)C)c1O.CCC#CCC.[Cl][W][Cl].